The minimum absolute atomic E-state index is 0. The van der Waals surface area contributed by atoms with Gasteiger partial charge in [-0.3, -0.25) is 86.9 Å². The number of hydrogen-bond acceptors (Lipinski definition) is 24. The summed E-state index contributed by atoms with van der Waals surface area (Å²) >= 11 is 0. The Hall–Kier alpha value is -7.08. The van der Waals surface area contributed by atoms with Gasteiger partial charge in [0.15, 0.2) is 0 Å². The maximum Gasteiger partial charge on any atom is 0.253 e. The summed E-state index contributed by atoms with van der Waals surface area (Å²) in [6, 6.07) is 0. The fourth-order valence-electron chi connectivity index (χ4n) is 8.31. The molecule has 0 fully saturated rings. The molecule has 0 unspecified atom stereocenters. The lowest BCUT2D eigenvalue weighted by Gasteiger charge is -2.23. The Morgan fingerprint density at radius 3 is 0.530 bits per heavy atom. The van der Waals surface area contributed by atoms with Gasteiger partial charge in [0.25, 0.3) is 47.3 Å². The van der Waals surface area contributed by atoms with Gasteiger partial charge in [0, 0.05) is 166 Å². The average molecular weight is 1440 g/mol. The lowest BCUT2D eigenvalue weighted by Crippen LogP contribution is -2.36. The van der Waals surface area contributed by atoms with Crippen LogP contribution in [0.25, 0.3) is 0 Å². The first-order valence-corrected chi connectivity index (χ1v) is 30.1. The van der Waals surface area contributed by atoms with Crippen molar-refractivity contribution in [3.63, 3.8) is 0 Å². The molecule has 0 aromatic rings. The van der Waals surface area contributed by atoms with Crippen LogP contribution in [0.15, 0.2) is 48.6 Å². The highest BCUT2D eigenvalue weighted by atomic mass is 16.5. The molecule has 32 heteroatoms. The van der Waals surface area contributed by atoms with Gasteiger partial charge in [-0.15, -0.1) is 0 Å². The molecule has 0 aliphatic carbocycles. The summed E-state index contributed by atoms with van der Waals surface area (Å²) in [5.41, 5.74) is 0. The van der Waals surface area contributed by atoms with E-state index in [2.05, 4.69) is 31.1 Å². The highest BCUT2D eigenvalue weighted by Crippen LogP contribution is 2.08. The second-order valence-electron chi connectivity index (χ2n) is 19.9. The molecule has 100 heavy (non-hydrogen) atoms. The lowest BCUT2D eigenvalue weighted by molar-refractivity contribution is -0.139. The third-order valence-corrected chi connectivity index (χ3v) is 13.3. The van der Waals surface area contributed by atoms with E-state index in [9.17, 15) is 57.5 Å². The molecule has 32 nitrogen and oxygen atoms in total. The smallest absolute Gasteiger partial charge is 0.253 e. The van der Waals surface area contributed by atoms with Gasteiger partial charge >= 0.3 is 0 Å². The van der Waals surface area contributed by atoms with E-state index in [0.717, 1.165) is 19.6 Å². The number of rotatable bonds is 57. The highest BCUT2D eigenvalue weighted by molar-refractivity contribution is 6.14. The predicted octanol–water partition coefficient (Wildman–Crippen LogP) is 1.84. The highest BCUT2D eigenvalue weighted by Gasteiger charge is 2.27. The van der Waals surface area contributed by atoms with E-state index < -0.39 is 47.3 Å². The van der Waals surface area contributed by atoms with E-state index in [4.69, 9.17) is 47.4 Å². The number of carbonyl (C=O) groups is 12. The molecule has 4 N–H and O–H groups in total. The van der Waals surface area contributed by atoms with Crippen LogP contribution < -0.4 is 21.3 Å². The van der Waals surface area contributed by atoms with Gasteiger partial charge in [0.05, 0.1) is 132 Å². The van der Waals surface area contributed by atoms with Crippen molar-refractivity contribution in [2.24, 2.45) is 0 Å². The summed E-state index contributed by atoms with van der Waals surface area (Å²) in [7, 11) is 0. The van der Waals surface area contributed by atoms with Crippen LogP contribution in [0.3, 0.4) is 0 Å². The summed E-state index contributed by atoms with van der Waals surface area (Å²) in [4.78, 5) is 150. The number of hydrogen-bond donors (Lipinski definition) is 4. The van der Waals surface area contributed by atoms with Crippen molar-refractivity contribution in [3.8, 4) is 0 Å². The zero-order valence-electron chi connectivity index (χ0n) is 51.2. The zero-order valence-corrected chi connectivity index (χ0v) is 51.2. The van der Waals surface area contributed by atoms with E-state index in [0.29, 0.717) is 145 Å². The van der Waals surface area contributed by atoms with Crippen LogP contribution in [-0.4, -0.2) is 324 Å². The SMILES string of the molecule is C.C.C.C.C.C.C.C.C.C.O=C(CCN1C(=O)C=CC1=O)NCCOCCOCCN(CCOCCOCCNC(=O)CCN1C(=O)C=CC1=O)CCOCCOCCN(CCOCCOCCNC(=O)CCN1C(=O)C=CC1=O)CCOCCOCCNC(=O)CCN1C(=O)C=CC1=O. The van der Waals surface area contributed by atoms with E-state index in [1.54, 1.807) is 0 Å². The standard InChI is InChI=1S/C58H88N10O22.10CH4/c69-47(9-17-65-51(73)1-2-52(65)74)59-13-27-81-37-41-85-31-21-63(22-32-86-42-38-82-28-14-60-48(70)10-18-66-53(75)3-4-54(66)76)25-35-89-45-46-90-36-26-64(23-33-87-43-39-83-29-15-61-49(71)11-19-67-55(77)5-6-56(67)78)24-34-88-44-40-84-30-16-62-50(72)12-20-68-57(79)7-8-58(68)80;;;;;;;;;;/h1-8H,9-46H2,(H,59,69)(H,60,70)(H,61,71)(H,62,72);10*1H4. The second-order valence-corrected chi connectivity index (χ2v) is 19.9. The lowest BCUT2D eigenvalue weighted by atomic mass is 10.3. The van der Waals surface area contributed by atoms with Crippen LogP contribution >= 0.6 is 0 Å². The number of ether oxygens (including phenoxy) is 10. The van der Waals surface area contributed by atoms with Gasteiger partial charge in [-0.1, -0.05) is 74.3 Å². The number of nitrogens with zero attached hydrogens (tertiary/aromatic N) is 6. The Bertz CT molecular complexity index is 2050. The fraction of sp³-hybridized carbons (Fsp3) is 0.706. The van der Waals surface area contributed by atoms with Crippen LogP contribution in [0.2, 0.25) is 0 Å². The molecule has 4 rings (SSSR count). The molecular weight excluding hydrogens is 1310 g/mol. The van der Waals surface area contributed by atoms with Gasteiger partial charge in [-0.05, 0) is 0 Å². The molecule has 0 aromatic carbocycles. The monoisotopic (exact) mass is 1440 g/mol. The van der Waals surface area contributed by atoms with E-state index in [1.807, 2.05) is 0 Å². The van der Waals surface area contributed by atoms with Gasteiger partial charge in [0.2, 0.25) is 23.6 Å². The minimum atomic E-state index is -0.440. The van der Waals surface area contributed by atoms with E-state index >= 15 is 0 Å². The van der Waals surface area contributed by atoms with Gasteiger partial charge in [0.1, 0.15) is 0 Å². The van der Waals surface area contributed by atoms with Crippen molar-refractivity contribution in [1.29, 1.82) is 0 Å². The van der Waals surface area contributed by atoms with Crippen molar-refractivity contribution < 1.29 is 105 Å². The molecule has 0 bridgehead atoms. The Balaban J connectivity index is -0.00000173. The minimum Gasteiger partial charge on any atom is -0.378 e. The maximum atomic E-state index is 12.1. The summed E-state index contributed by atoms with van der Waals surface area (Å²) in [6.45, 7) is 10.9. The van der Waals surface area contributed by atoms with Crippen molar-refractivity contribution in [2.45, 2.75) is 99.9 Å². The molecular formula is C68H128N10O22. The Morgan fingerprint density at radius 1 is 0.240 bits per heavy atom. The predicted molar refractivity (Wildman–Crippen MR) is 382 cm³/mol. The van der Waals surface area contributed by atoms with Crippen LogP contribution in [0.1, 0.15) is 99.9 Å². The van der Waals surface area contributed by atoms with Crippen molar-refractivity contribution in [3.05, 3.63) is 48.6 Å². The van der Waals surface area contributed by atoms with Crippen LogP contribution in [0.5, 0.6) is 0 Å². The molecule has 0 radical (unpaired) electrons. The Morgan fingerprint density at radius 2 is 0.380 bits per heavy atom. The van der Waals surface area contributed by atoms with E-state index in [1.165, 1.54) is 48.6 Å². The molecule has 0 atom stereocenters. The second kappa shape index (κ2) is 66.5. The largest absolute Gasteiger partial charge is 0.378 e. The normalized spacial score (nSPS) is 13.2. The first kappa shape index (κ1) is 106. The molecule has 0 aromatic heterocycles. The van der Waals surface area contributed by atoms with Gasteiger partial charge in [-0.25, -0.2) is 0 Å². The molecule has 4 heterocycles. The van der Waals surface area contributed by atoms with Crippen LogP contribution in [0.4, 0.5) is 0 Å². The fourth-order valence-corrected chi connectivity index (χ4v) is 8.31. The number of amides is 12. The number of imide groups is 4. The molecule has 0 saturated carbocycles. The third kappa shape index (κ3) is 47.9. The van der Waals surface area contributed by atoms with E-state index in [-0.39, 0.29) is 202 Å². The first-order chi connectivity index (χ1) is 43.7. The Kier molecular flexibility index (Phi) is 70.7. The van der Waals surface area contributed by atoms with Crippen LogP contribution in [0, 0.1) is 0 Å². The molecule has 4 aliphatic heterocycles. The van der Waals surface area contributed by atoms with Crippen molar-refractivity contribution in [1.82, 2.24) is 50.7 Å². The van der Waals surface area contributed by atoms with Crippen LogP contribution in [-0.2, 0) is 105 Å². The molecule has 582 valence electrons. The topological polar surface area (TPSA) is 365 Å². The maximum absolute atomic E-state index is 12.1. The quantitative estimate of drug-likeness (QED) is 0.0498. The molecule has 12 amide bonds. The molecule has 4 aliphatic rings. The molecule has 0 saturated heterocycles. The summed E-state index contributed by atoms with van der Waals surface area (Å²) in [5.74, 6) is -4.75. The van der Waals surface area contributed by atoms with Gasteiger partial charge in [-0.2, -0.15) is 0 Å². The van der Waals surface area contributed by atoms with Gasteiger partial charge < -0.3 is 68.6 Å². The third-order valence-electron chi connectivity index (χ3n) is 13.3. The average Bonchev–Trinajstić information content (AvgIpc) is 1.77. The molecule has 0 spiro atoms. The zero-order chi connectivity index (χ0) is 64.8. The summed E-state index contributed by atoms with van der Waals surface area (Å²) < 4.78 is 57.4. The summed E-state index contributed by atoms with van der Waals surface area (Å²) in [5, 5.41) is 10.8. The number of carbonyl (C=O) groups excluding carboxylic acids is 12. The van der Waals surface area contributed by atoms with Crippen molar-refractivity contribution in [2.75, 3.05) is 224 Å². The number of nitrogens with one attached hydrogen (secondary N) is 4. The summed E-state index contributed by atoms with van der Waals surface area (Å²) in [6.07, 6.45) is 9.31. The Labute approximate surface area is 596 Å². The van der Waals surface area contributed by atoms with Crippen molar-refractivity contribution >= 4 is 70.9 Å². The first-order valence-electron chi connectivity index (χ1n) is 30.1.